The Labute approximate surface area is 455 Å². The Balaban J connectivity index is 0.938. The van der Waals surface area contributed by atoms with Gasteiger partial charge in [0.1, 0.15) is 0 Å². The van der Waals surface area contributed by atoms with E-state index in [1.54, 1.807) is 0 Å². The smallest absolute Gasteiger partial charge is 0.0158 e. The molecule has 0 heterocycles. The molecule has 0 saturated carbocycles. The zero-order valence-corrected chi connectivity index (χ0v) is 44.2. The highest BCUT2D eigenvalue weighted by Gasteiger charge is 2.36. The fourth-order valence-corrected chi connectivity index (χ4v) is 14.3. The molecule has 14 aromatic carbocycles. The molecule has 0 amide bonds. The first-order valence-corrected chi connectivity index (χ1v) is 27.6. The van der Waals surface area contributed by atoms with Crippen LogP contribution in [0.3, 0.4) is 0 Å². The van der Waals surface area contributed by atoms with Gasteiger partial charge in [0, 0.05) is 10.8 Å². The van der Waals surface area contributed by atoms with E-state index < -0.39 is 0 Å². The van der Waals surface area contributed by atoms with Gasteiger partial charge in [0.05, 0.1) is 0 Å². The molecular weight excluding hydrogens is 937 g/mol. The highest BCUT2D eigenvalue weighted by atomic mass is 14.4. The van der Waals surface area contributed by atoms with E-state index >= 15 is 0 Å². The molecule has 366 valence electrons. The maximum absolute atomic E-state index is 2.49. The van der Waals surface area contributed by atoms with Crippen LogP contribution in [0.4, 0.5) is 0 Å². The van der Waals surface area contributed by atoms with Gasteiger partial charge in [-0.1, -0.05) is 252 Å². The molecule has 0 aromatic heterocycles. The van der Waals surface area contributed by atoms with Crippen molar-refractivity contribution in [3.8, 4) is 89.0 Å². The third-order valence-corrected chi connectivity index (χ3v) is 18.3. The van der Waals surface area contributed by atoms with E-state index in [4.69, 9.17) is 0 Å². The van der Waals surface area contributed by atoms with E-state index in [9.17, 15) is 0 Å². The van der Waals surface area contributed by atoms with Crippen molar-refractivity contribution in [2.45, 2.75) is 38.5 Å². The summed E-state index contributed by atoms with van der Waals surface area (Å²) < 4.78 is 0. The van der Waals surface area contributed by atoms with Gasteiger partial charge in [0.15, 0.2) is 0 Å². The van der Waals surface area contributed by atoms with E-state index in [0.29, 0.717) is 0 Å². The average molecular weight is 991 g/mol. The Morgan fingerprint density at radius 1 is 0.192 bits per heavy atom. The first-order valence-electron chi connectivity index (χ1n) is 27.6. The SMILES string of the molecule is CC1(C)c2ccccc2-c2cc(-c3ccc(-c4cc(-c5cccc6ccccc56)c5ccc6c(-c7cccc(-c8ccc9c(c8)-c8ccccc8C9(C)C)c7)cc(-c7cccc8ccccc78)c7ccc4c5c67)cc3)ccc21. The maximum Gasteiger partial charge on any atom is 0.0158 e. The molecule has 2 aliphatic rings. The predicted molar refractivity (Wildman–Crippen MR) is 333 cm³/mol. The number of hydrogen-bond acceptors (Lipinski definition) is 0. The molecule has 0 unspecified atom stereocenters. The molecule has 0 radical (unpaired) electrons. The third-order valence-electron chi connectivity index (χ3n) is 18.3. The summed E-state index contributed by atoms with van der Waals surface area (Å²) in [6.07, 6.45) is 0. The molecule has 2 aliphatic carbocycles. The second kappa shape index (κ2) is 16.6. The Morgan fingerprint density at radius 2 is 0.551 bits per heavy atom. The minimum atomic E-state index is -0.0447. The zero-order chi connectivity index (χ0) is 52.0. The van der Waals surface area contributed by atoms with Gasteiger partial charge in [-0.2, -0.15) is 0 Å². The van der Waals surface area contributed by atoms with Crippen molar-refractivity contribution in [2.24, 2.45) is 0 Å². The standard InChI is InChI=1S/C78H54/c1-77(2)71-28-11-9-24-59(71)69-43-52(34-40-73(69)77)47-30-32-50(33-31-47)65-45-67(57-26-14-18-48-16-5-7-22-55(48)57)63-39-37-62-66(46-68(64-38-36-61(65)75(63)76(62)64)58-27-15-19-49-17-6-8-23-56(49)58)54-21-13-20-51(42-54)53-35-41-74-70(44-53)60-25-10-12-29-72(60)78(74,3)4/h5-46H,1-4H3. The molecule has 0 saturated heterocycles. The molecule has 0 heteroatoms. The molecule has 0 bridgehead atoms. The highest BCUT2D eigenvalue weighted by Crippen LogP contribution is 2.53. The average Bonchev–Trinajstić information content (AvgIpc) is 3.82. The van der Waals surface area contributed by atoms with E-state index in [-0.39, 0.29) is 10.8 Å². The van der Waals surface area contributed by atoms with Gasteiger partial charge < -0.3 is 0 Å². The second-order valence-corrected chi connectivity index (χ2v) is 23.1. The zero-order valence-electron chi connectivity index (χ0n) is 44.2. The van der Waals surface area contributed by atoms with Gasteiger partial charge in [-0.15, -0.1) is 0 Å². The summed E-state index contributed by atoms with van der Waals surface area (Å²) in [6, 6.07) is 96.8. The van der Waals surface area contributed by atoms with Crippen LogP contribution in [0.1, 0.15) is 49.9 Å². The van der Waals surface area contributed by atoms with Gasteiger partial charge in [0.2, 0.25) is 0 Å². The Morgan fingerprint density at radius 3 is 1.09 bits per heavy atom. The first-order chi connectivity index (χ1) is 38.2. The molecule has 16 rings (SSSR count). The van der Waals surface area contributed by atoms with E-state index in [1.165, 1.54) is 165 Å². The van der Waals surface area contributed by atoms with Crippen LogP contribution >= 0.6 is 0 Å². The van der Waals surface area contributed by atoms with Crippen molar-refractivity contribution in [1.82, 2.24) is 0 Å². The van der Waals surface area contributed by atoms with E-state index in [2.05, 4.69) is 282 Å². The van der Waals surface area contributed by atoms with Crippen molar-refractivity contribution < 1.29 is 0 Å². The normalized spacial score (nSPS) is 13.8. The maximum atomic E-state index is 2.49. The molecule has 0 nitrogen and oxygen atoms in total. The second-order valence-electron chi connectivity index (χ2n) is 23.1. The minimum absolute atomic E-state index is 0.0281. The summed E-state index contributed by atoms with van der Waals surface area (Å²) in [4.78, 5) is 0. The van der Waals surface area contributed by atoms with E-state index in [0.717, 1.165) is 0 Å². The molecule has 78 heavy (non-hydrogen) atoms. The summed E-state index contributed by atoms with van der Waals surface area (Å²) in [6.45, 7) is 9.43. The lowest BCUT2D eigenvalue weighted by Crippen LogP contribution is -2.14. The Bertz CT molecular complexity index is 4820. The largest absolute Gasteiger partial charge is 0.0619 e. The molecule has 14 aromatic rings. The van der Waals surface area contributed by atoms with Crippen LogP contribution in [0.25, 0.3) is 143 Å². The molecule has 0 spiro atoms. The van der Waals surface area contributed by atoms with Crippen LogP contribution in [0.2, 0.25) is 0 Å². The predicted octanol–water partition coefficient (Wildman–Crippen LogP) is 21.5. The quantitative estimate of drug-likeness (QED) is 0.146. The first kappa shape index (κ1) is 44.9. The molecule has 0 atom stereocenters. The fourth-order valence-electron chi connectivity index (χ4n) is 14.3. The van der Waals surface area contributed by atoms with Crippen LogP contribution in [-0.4, -0.2) is 0 Å². The van der Waals surface area contributed by atoms with Crippen LogP contribution in [0.5, 0.6) is 0 Å². The van der Waals surface area contributed by atoms with Crippen molar-refractivity contribution in [1.29, 1.82) is 0 Å². The third kappa shape index (κ3) is 6.47. The number of rotatable bonds is 6. The Hall–Kier alpha value is -9.36. The van der Waals surface area contributed by atoms with Gasteiger partial charge in [-0.25, -0.2) is 0 Å². The van der Waals surface area contributed by atoms with Gasteiger partial charge in [-0.3, -0.25) is 0 Å². The van der Waals surface area contributed by atoms with Crippen molar-refractivity contribution in [3.63, 3.8) is 0 Å². The van der Waals surface area contributed by atoms with Gasteiger partial charge in [0.25, 0.3) is 0 Å². The lowest BCUT2D eigenvalue weighted by molar-refractivity contribution is 0.660. The van der Waals surface area contributed by atoms with Crippen LogP contribution in [0.15, 0.2) is 255 Å². The van der Waals surface area contributed by atoms with Crippen molar-refractivity contribution in [3.05, 3.63) is 277 Å². The van der Waals surface area contributed by atoms with Crippen LogP contribution in [-0.2, 0) is 10.8 Å². The highest BCUT2D eigenvalue weighted by molar-refractivity contribution is 6.33. The molecule has 0 N–H and O–H groups in total. The Kier molecular flexibility index (Phi) is 9.54. The minimum Gasteiger partial charge on any atom is -0.0619 e. The monoisotopic (exact) mass is 990 g/mol. The van der Waals surface area contributed by atoms with Crippen LogP contribution in [0, 0.1) is 0 Å². The van der Waals surface area contributed by atoms with Crippen LogP contribution < -0.4 is 0 Å². The van der Waals surface area contributed by atoms with Crippen molar-refractivity contribution >= 4 is 53.9 Å². The fraction of sp³-hybridized carbons (Fsp3) is 0.0769. The summed E-state index contributed by atoms with van der Waals surface area (Å²) in [5.74, 6) is 0. The summed E-state index contributed by atoms with van der Waals surface area (Å²) in [5.41, 5.74) is 25.6. The number of benzene rings is 14. The summed E-state index contributed by atoms with van der Waals surface area (Å²) >= 11 is 0. The van der Waals surface area contributed by atoms with Gasteiger partial charge in [-0.05, 0) is 195 Å². The number of fused-ring (bicyclic) bond motifs is 8. The lowest BCUT2D eigenvalue weighted by atomic mass is 9.80. The molecular formula is C78H54. The molecule has 0 fully saturated rings. The van der Waals surface area contributed by atoms with Gasteiger partial charge >= 0.3 is 0 Å². The summed E-state index contributed by atoms with van der Waals surface area (Å²) in [5, 5.41) is 12.6. The van der Waals surface area contributed by atoms with Crippen molar-refractivity contribution in [2.75, 3.05) is 0 Å². The topological polar surface area (TPSA) is 0 Å². The molecule has 0 aliphatic heterocycles. The number of hydrogen-bond donors (Lipinski definition) is 0. The van der Waals surface area contributed by atoms with E-state index in [1.807, 2.05) is 0 Å². The summed E-state index contributed by atoms with van der Waals surface area (Å²) in [7, 11) is 0. The lowest BCUT2D eigenvalue weighted by Gasteiger charge is -2.22.